The van der Waals surface area contributed by atoms with Crippen molar-refractivity contribution in [3.8, 4) is 0 Å². The summed E-state index contributed by atoms with van der Waals surface area (Å²) in [7, 11) is 0. The van der Waals surface area contributed by atoms with Gasteiger partial charge < -0.3 is 0 Å². The molecule has 1 heterocycles. The second kappa shape index (κ2) is 9.20. The maximum atomic E-state index is 4.18. The molecule has 0 aliphatic carbocycles. The van der Waals surface area contributed by atoms with Crippen molar-refractivity contribution in [2.45, 2.75) is 78.2 Å². The minimum atomic E-state index is 1.05. The van der Waals surface area contributed by atoms with Crippen LogP contribution in [0.4, 0.5) is 0 Å². The lowest BCUT2D eigenvalue weighted by Crippen LogP contribution is -2.05. The number of nitrogens with zero attached hydrogens (tertiary/aromatic N) is 3. The Bertz CT molecular complexity index is 281. The van der Waals surface area contributed by atoms with Gasteiger partial charge in [0.1, 0.15) is 0 Å². The minimum Gasteiger partial charge on any atom is -0.249 e. The van der Waals surface area contributed by atoms with Crippen molar-refractivity contribution >= 4 is 0 Å². The number of hydrogen-bond donors (Lipinski definition) is 0. The lowest BCUT2D eigenvalue weighted by molar-refractivity contribution is 0.502. The summed E-state index contributed by atoms with van der Waals surface area (Å²) in [6, 6.07) is 0. The maximum Gasteiger partial charge on any atom is 0.0725 e. The summed E-state index contributed by atoms with van der Waals surface area (Å²) < 4.78 is 2.10. The van der Waals surface area contributed by atoms with Crippen LogP contribution in [0.15, 0.2) is 6.20 Å². The van der Waals surface area contributed by atoms with Crippen LogP contribution in [-0.4, -0.2) is 15.0 Å². The molecular weight excluding hydrogens is 210 g/mol. The van der Waals surface area contributed by atoms with Gasteiger partial charge in [-0.3, -0.25) is 0 Å². The van der Waals surface area contributed by atoms with Crippen molar-refractivity contribution in [1.82, 2.24) is 15.0 Å². The Morgan fingerprint density at radius 2 is 1.65 bits per heavy atom. The molecule has 0 aromatic carbocycles. The predicted molar refractivity (Wildman–Crippen MR) is 72.0 cm³/mol. The van der Waals surface area contributed by atoms with E-state index < -0.39 is 0 Å². The summed E-state index contributed by atoms with van der Waals surface area (Å²) in [5.41, 5.74) is 1.31. The molecule has 0 aliphatic heterocycles. The van der Waals surface area contributed by atoms with Crippen LogP contribution in [0.5, 0.6) is 0 Å². The number of aromatic nitrogens is 3. The van der Waals surface area contributed by atoms with Gasteiger partial charge in [0.05, 0.1) is 11.9 Å². The molecule has 0 bridgehead atoms. The third kappa shape index (κ3) is 5.85. The van der Waals surface area contributed by atoms with E-state index in [1.54, 1.807) is 0 Å². The third-order valence-corrected chi connectivity index (χ3v) is 3.21. The van der Waals surface area contributed by atoms with E-state index in [1.807, 2.05) is 6.20 Å². The molecule has 0 unspecified atom stereocenters. The van der Waals surface area contributed by atoms with E-state index in [9.17, 15) is 0 Å². The molecule has 0 fully saturated rings. The fourth-order valence-electron chi connectivity index (χ4n) is 2.08. The zero-order valence-corrected chi connectivity index (χ0v) is 11.5. The highest BCUT2D eigenvalue weighted by Crippen LogP contribution is 2.08. The van der Waals surface area contributed by atoms with E-state index in [0.29, 0.717) is 0 Å². The van der Waals surface area contributed by atoms with Crippen molar-refractivity contribution in [3.05, 3.63) is 11.9 Å². The molecule has 3 heteroatoms. The summed E-state index contributed by atoms with van der Waals surface area (Å²) in [5, 5.41) is 8.21. The van der Waals surface area contributed by atoms with Crippen molar-refractivity contribution < 1.29 is 0 Å². The van der Waals surface area contributed by atoms with Gasteiger partial charge in [-0.1, -0.05) is 57.6 Å². The van der Waals surface area contributed by atoms with E-state index in [-0.39, 0.29) is 0 Å². The average Bonchev–Trinajstić information content (AvgIpc) is 2.77. The molecule has 1 rings (SSSR count). The van der Waals surface area contributed by atoms with Crippen LogP contribution in [0.1, 0.15) is 70.9 Å². The van der Waals surface area contributed by atoms with Crippen LogP contribution in [0.25, 0.3) is 0 Å². The topological polar surface area (TPSA) is 30.7 Å². The van der Waals surface area contributed by atoms with Crippen molar-refractivity contribution in [3.63, 3.8) is 0 Å². The Balaban J connectivity index is 2.20. The van der Waals surface area contributed by atoms with Gasteiger partial charge in [0.25, 0.3) is 0 Å². The molecule has 0 radical (unpaired) electrons. The normalized spacial score (nSPS) is 10.9. The molecule has 17 heavy (non-hydrogen) atoms. The molecule has 0 saturated heterocycles. The van der Waals surface area contributed by atoms with Crippen molar-refractivity contribution in [2.24, 2.45) is 0 Å². The van der Waals surface area contributed by atoms with Crippen LogP contribution in [0.2, 0.25) is 0 Å². The Hall–Kier alpha value is -0.860. The van der Waals surface area contributed by atoms with Gasteiger partial charge in [0, 0.05) is 6.54 Å². The average molecular weight is 237 g/mol. The SMILES string of the molecule is CCCCCCCn1nncc1CCCCC. The molecule has 0 N–H and O–H groups in total. The second-order valence-electron chi connectivity index (χ2n) is 4.82. The Morgan fingerprint density at radius 1 is 0.941 bits per heavy atom. The number of hydrogen-bond acceptors (Lipinski definition) is 2. The lowest BCUT2D eigenvalue weighted by Gasteiger charge is -2.05. The van der Waals surface area contributed by atoms with Crippen molar-refractivity contribution in [2.75, 3.05) is 0 Å². The van der Waals surface area contributed by atoms with Crippen molar-refractivity contribution in [1.29, 1.82) is 0 Å². The largest absolute Gasteiger partial charge is 0.249 e. The van der Waals surface area contributed by atoms with E-state index >= 15 is 0 Å². The standard InChI is InChI=1S/C14H27N3/c1-3-5-7-8-10-12-17-14(13-15-16-17)11-9-6-4-2/h13H,3-12H2,1-2H3. The Morgan fingerprint density at radius 3 is 2.41 bits per heavy atom. The molecule has 1 aromatic rings. The van der Waals surface area contributed by atoms with Gasteiger partial charge in [-0.2, -0.15) is 0 Å². The highest BCUT2D eigenvalue weighted by Gasteiger charge is 2.02. The summed E-state index contributed by atoms with van der Waals surface area (Å²) in [6.07, 6.45) is 13.5. The van der Waals surface area contributed by atoms with E-state index in [2.05, 4.69) is 28.8 Å². The monoisotopic (exact) mass is 237 g/mol. The number of rotatable bonds is 10. The smallest absolute Gasteiger partial charge is 0.0725 e. The number of aryl methyl sites for hydroxylation is 2. The molecule has 0 atom stereocenters. The van der Waals surface area contributed by atoms with Crippen LogP contribution >= 0.6 is 0 Å². The van der Waals surface area contributed by atoms with Gasteiger partial charge in [0.15, 0.2) is 0 Å². The summed E-state index contributed by atoms with van der Waals surface area (Å²) in [5.74, 6) is 0. The van der Waals surface area contributed by atoms with Gasteiger partial charge >= 0.3 is 0 Å². The highest BCUT2D eigenvalue weighted by atomic mass is 15.4. The molecule has 1 aromatic heterocycles. The summed E-state index contributed by atoms with van der Waals surface area (Å²) in [4.78, 5) is 0. The van der Waals surface area contributed by atoms with E-state index in [4.69, 9.17) is 0 Å². The predicted octanol–water partition coefficient (Wildman–Crippen LogP) is 3.98. The molecule has 0 spiro atoms. The van der Waals surface area contributed by atoms with Gasteiger partial charge in [-0.05, 0) is 19.3 Å². The van der Waals surface area contributed by atoms with Gasteiger partial charge in [0.2, 0.25) is 0 Å². The zero-order chi connectivity index (χ0) is 12.3. The maximum absolute atomic E-state index is 4.18. The highest BCUT2D eigenvalue weighted by molar-refractivity contribution is 4.93. The first-order valence-corrected chi connectivity index (χ1v) is 7.25. The van der Waals surface area contributed by atoms with Crippen LogP contribution in [-0.2, 0) is 13.0 Å². The van der Waals surface area contributed by atoms with E-state index in [1.165, 1.54) is 57.1 Å². The first-order chi connectivity index (χ1) is 8.38. The second-order valence-corrected chi connectivity index (χ2v) is 4.82. The minimum absolute atomic E-state index is 1.05. The fourth-order valence-corrected chi connectivity index (χ4v) is 2.08. The molecule has 3 nitrogen and oxygen atoms in total. The molecule has 0 amide bonds. The fraction of sp³-hybridized carbons (Fsp3) is 0.857. The lowest BCUT2D eigenvalue weighted by atomic mass is 10.1. The molecule has 0 aliphatic rings. The van der Waals surface area contributed by atoms with Crippen LogP contribution < -0.4 is 0 Å². The quantitative estimate of drug-likeness (QED) is 0.576. The van der Waals surface area contributed by atoms with E-state index in [0.717, 1.165) is 13.0 Å². The van der Waals surface area contributed by atoms with Gasteiger partial charge in [-0.15, -0.1) is 5.10 Å². The number of unbranched alkanes of at least 4 members (excludes halogenated alkanes) is 6. The molecule has 0 saturated carbocycles. The van der Waals surface area contributed by atoms with Crippen LogP contribution in [0, 0.1) is 0 Å². The van der Waals surface area contributed by atoms with Crippen LogP contribution in [0.3, 0.4) is 0 Å². The van der Waals surface area contributed by atoms with Gasteiger partial charge in [-0.25, -0.2) is 4.68 Å². The first-order valence-electron chi connectivity index (χ1n) is 7.25. The molecular formula is C14H27N3. The summed E-state index contributed by atoms with van der Waals surface area (Å²) >= 11 is 0. The third-order valence-electron chi connectivity index (χ3n) is 3.21. The molecule has 98 valence electrons. The Kier molecular flexibility index (Phi) is 7.69. The Labute approximate surface area is 106 Å². The summed E-state index contributed by atoms with van der Waals surface area (Å²) in [6.45, 7) is 5.54. The first kappa shape index (κ1) is 14.2. The zero-order valence-electron chi connectivity index (χ0n) is 11.5.